The molecule has 2 rings (SSSR count). The predicted molar refractivity (Wildman–Crippen MR) is 77.8 cm³/mol. The van der Waals surface area contributed by atoms with Gasteiger partial charge in [-0.05, 0) is 35.9 Å². The first kappa shape index (κ1) is 14.5. The number of halogens is 1. The van der Waals surface area contributed by atoms with Gasteiger partial charge in [-0.25, -0.2) is 17.2 Å². The second kappa shape index (κ2) is 5.64. The average Bonchev–Trinajstić information content (AvgIpc) is 2.86. The number of carboxylic acid groups (broad SMARTS) is 1. The molecule has 1 heterocycles. The van der Waals surface area contributed by atoms with Crippen LogP contribution in [0.15, 0.2) is 58.2 Å². The monoisotopic (exact) mass is 355 g/mol. The Morgan fingerprint density at radius 2 is 2.05 bits per heavy atom. The van der Waals surface area contributed by atoms with Gasteiger partial charge < -0.3 is 5.11 Å². The maximum absolute atomic E-state index is 12.3. The van der Waals surface area contributed by atoms with Gasteiger partial charge >= 0.3 is 5.97 Å². The Morgan fingerprint density at radius 1 is 1.30 bits per heavy atom. The lowest BCUT2D eigenvalue weighted by atomic mass is 10.3. The lowest BCUT2D eigenvalue weighted by Crippen LogP contribution is -2.10. The molecule has 0 bridgehead atoms. The number of nitrogens with zero attached hydrogens (tertiary/aromatic N) is 1. The van der Waals surface area contributed by atoms with Gasteiger partial charge in [-0.2, -0.15) is 0 Å². The summed E-state index contributed by atoms with van der Waals surface area (Å²) in [5.41, 5.74) is 0.492. The highest BCUT2D eigenvalue weighted by Gasteiger charge is 2.16. The molecular weight excluding hydrogens is 346 g/mol. The van der Waals surface area contributed by atoms with E-state index >= 15 is 0 Å². The third-order valence-corrected chi connectivity index (χ3v) is 4.61. The first-order valence-corrected chi connectivity index (χ1v) is 7.73. The number of carboxylic acids is 1. The van der Waals surface area contributed by atoms with E-state index in [2.05, 4.69) is 15.9 Å². The summed E-state index contributed by atoms with van der Waals surface area (Å²) >= 11 is 3.22. The second-order valence-electron chi connectivity index (χ2n) is 3.91. The third-order valence-electron chi connectivity index (χ3n) is 2.48. The average molecular weight is 356 g/mol. The third kappa shape index (κ3) is 3.17. The Morgan fingerprint density at radius 3 is 2.70 bits per heavy atom. The van der Waals surface area contributed by atoms with Crippen molar-refractivity contribution in [2.45, 2.75) is 4.90 Å². The summed E-state index contributed by atoms with van der Waals surface area (Å²) < 4.78 is 26.4. The molecule has 0 aliphatic carbocycles. The fourth-order valence-corrected chi connectivity index (χ4v) is 3.36. The highest BCUT2D eigenvalue weighted by atomic mass is 79.9. The molecule has 1 N–H and O–H groups in total. The van der Waals surface area contributed by atoms with Crippen LogP contribution in [0, 0.1) is 0 Å². The number of hydrogen-bond donors (Lipinski definition) is 1. The maximum Gasteiger partial charge on any atom is 0.328 e. The summed E-state index contributed by atoms with van der Waals surface area (Å²) in [4.78, 5) is 10.6. The predicted octanol–water partition coefficient (Wildman–Crippen LogP) is 2.59. The van der Waals surface area contributed by atoms with E-state index in [4.69, 9.17) is 5.11 Å². The van der Waals surface area contributed by atoms with Gasteiger partial charge in [0.25, 0.3) is 10.0 Å². The van der Waals surface area contributed by atoms with E-state index < -0.39 is 16.0 Å². The minimum atomic E-state index is -3.67. The van der Waals surface area contributed by atoms with Gasteiger partial charge in [0.2, 0.25) is 0 Å². The topological polar surface area (TPSA) is 76.4 Å². The molecule has 0 aliphatic heterocycles. The van der Waals surface area contributed by atoms with E-state index in [9.17, 15) is 13.2 Å². The minimum Gasteiger partial charge on any atom is -0.478 e. The van der Waals surface area contributed by atoms with E-state index in [1.165, 1.54) is 36.7 Å². The summed E-state index contributed by atoms with van der Waals surface area (Å²) in [7, 11) is -3.67. The molecular formula is C13H10BrNO4S. The molecule has 0 unspecified atom stereocenters. The summed E-state index contributed by atoms with van der Waals surface area (Å²) in [6.07, 6.45) is 5.01. The fourth-order valence-electron chi connectivity index (χ4n) is 1.56. The number of rotatable bonds is 4. The normalized spacial score (nSPS) is 11.8. The van der Waals surface area contributed by atoms with Gasteiger partial charge in [-0.3, -0.25) is 0 Å². The standard InChI is InChI=1S/C13H10BrNO4S/c14-11-2-1-3-12(8-11)20(18,19)15-7-6-10(9-15)4-5-13(16)17/h1-9H,(H,16,17)/b5-4+. The van der Waals surface area contributed by atoms with Gasteiger partial charge in [0.1, 0.15) is 0 Å². The molecule has 20 heavy (non-hydrogen) atoms. The first-order valence-electron chi connectivity index (χ1n) is 5.50. The van der Waals surface area contributed by atoms with Gasteiger partial charge in [0.05, 0.1) is 4.90 Å². The Bertz CT molecular complexity index is 777. The lowest BCUT2D eigenvalue weighted by Gasteiger charge is -2.05. The van der Waals surface area contributed by atoms with E-state index in [1.807, 2.05) is 0 Å². The quantitative estimate of drug-likeness (QED) is 0.855. The van der Waals surface area contributed by atoms with E-state index in [0.29, 0.717) is 10.0 Å². The van der Waals surface area contributed by atoms with Gasteiger partial charge in [-0.1, -0.05) is 22.0 Å². The van der Waals surface area contributed by atoms with Crippen LogP contribution in [-0.2, 0) is 14.8 Å². The molecule has 0 fully saturated rings. The van der Waals surface area contributed by atoms with Crippen molar-refractivity contribution in [3.63, 3.8) is 0 Å². The van der Waals surface area contributed by atoms with Crippen LogP contribution in [0.5, 0.6) is 0 Å². The number of benzene rings is 1. The second-order valence-corrected chi connectivity index (χ2v) is 6.67. The highest BCUT2D eigenvalue weighted by Crippen LogP contribution is 2.19. The largest absolute Gasteiger partial charge is 0.478 e. The van der Waals surface area contributed by atoms with Crippen molar-refractivity contribution >= 4 is 38.0 Å². The van der Waals surface area contributed by atoms with Crippen LogP contribution in [0.25, 0.3) is 6.08 Å². The molecule has 0 radical (unpaired) electrons. The summed E-state index contributed by atoms with van der Waals surface area (Å²) in [6, 6.07) is 7.88. The molecule has 5 nitrogen and oxygen atoms in total. The number of carbonyl (C=O) groups is 1. The van der Waals surface area contributed by atoms with Crippen LogP contribution in [0.2, 0.25) is 0 Å². The zero-order valence-electron chi connectivity index (χ0n) is 10.1. The van der Waals surface area contributed by atoms with Crippen molar-refractivity contribution in [2.75, 3.05) is 0 Å². The van der Waals surface area contributed by atoms with Crippen LogP contribution in [0.4, 0.5) is 0 Å². The Labute approximate surface area is 124 Å². The van der Waals surface area contributed by atoms with E-state index in [-0.39, 0.29) is 4.90 Å². The molecule has 0 aliphatic rings. The van der Waals surface area contributed by atoms with Crippen LogP contribution < -0.4 is 0 Å². The summed E-state index contributed by atoms with van der Waals surface area (Å²) in [6.45, 7) is 0. The van der Waals surface area contributed by atoms with Crippen molar-refractivity contribution in [3.05, 3.63) is 58.8 Å². The van der Waals surface area contributed by atoms with Crippen molar-refractivity contribution in [1.29, 1.82) is 0 Å². The molecule has 0 atom stereocenters. The fraction of sp³-hybridized carbons (Fsp3) is 0. The van der Waals surface area contributed by atoms with Gasteiger partial charge in [0, 0.05) is 22.9 Å². The van der Waals surface area contributed by atoms with Crippen molar-refractivity contribution in [1.82, 2.24) is 3.97 Å². The Balaban J connectivity index is 2.38. The van der Waals surface area contributed by atoms with Crippen molar-refractivity contribution in [2.24, 2.45) is 0 Å². The van der Waals surface area contributed by atoms with Gasteiger partial charge in [-0.15, -0.1) is 0 Å². The van der Waals surface area contributed by atoms with Crippen LogP contribution in [0.1, 0.15) is 5.56 Å². The molecule has 0 amide bonds. The Kier molecular flexibility index (Phi) is 4.10. The smallest absolute Gasteiger partial charge is 0.328 e. The van der Waals surface area contributed by atoms with Crippen LogP contribution in [-0.4, -0.2) is 23.5 Å². The molecule has 0 saturated heterocycles. The first-order chi connectivity index (χ1) is 9.39. The van der Waals surface area contributed by atoms with E-state index in [1.54, 1.807) is 12.1 Å². The van der Waals surface area contributed by atoms with Gasteiger partial charge in [0.15, 0.2) is 0 Å². The zero-order valence-corrected chi connectivity index (χ0v) is 12.5. The molecule has 0 saturated carbocycles. The highest BCUT2D eigenvalue weighted by molar-refractivity contribution is 9.10. The summed E-state index contributed by atoms with van der Waals surface area (Å²) in [5.74, 6) is -1.09. The minimum absolute atomic E-state index is 0.149. The maximum atomic E-state index is 12.3. The molecule has 7 heteroatoms. The number of hydrogen-bond acceptors (Lipinski definition) is 3. The lowest BCUT2D eigenvalue weighted by molar-refractivity contribution is -0.131. The van der Waals surface area contributed by atoms with Crippen molar-refractivity contribution in [3.8, 4) is 0 Å². The molecule has 1 aromatic carbocycles. The number of aliphatic carboxylic acids is 1. The molecule has 104 valence electrons. The van der Waals surface area contributed by atoms with Crippen LogP contribution in [0.3, 0.4) is 0 Å². The van der Waals surface area contributed by atoms with Crippen molar-refractivity contribution < 1.29 is 18.3 Å². The molecule has 1 aromatic heterocycles. The summed E-state index contributed by atoms with van der Waals surface area (Å²) in [5, 5.41) is 8.53. The SMILES string of the molecule is O=C(O)/C=C/c1ccn(S(=O)(=O)c2cccc(Br)c2)c1. The van der Waals surface area contributed by atoms with Crippen LogP contribution >= 0.6 is 15.9 Å². The Hall–Kier alpha value is -1.86. The molecule has 2 aromatic rings. The number of aromatic nitrogens is 1. The zero-order chi connectivity index (χ0) is 14.8. The van der Waals surface area contributed by atoms with E-state index in [0.717, 1.165) is 10.0 Å². The molecule has 0 spiro atoms.